The fourth-order valence-electron chi connectivity index (χ4n) is 1.46. The Balaban J connectivity index is 2.41. The Hall–Kier alpha value is -0.710. The Morgan fingerprint density at radius 2 is 2.29 bits per heavy atom. The van der Waals surface area contributed by atoms with E-state index in [0.717, 1.165) is 12.2 Å². The summed E-state index contributed by atoms with van der Waals surface area (Å²) in [7, 11) is 0. The van der Waals surface area contributed by atoms with Gasteiger partial charge in [-0.3, -0.25) is 9.59 Å². The first-order chi connectivity index (χ1) is 6.65. The number of carbonyl (C=O) groups excluding carboxylic acids is 2. The molecule has 1 saturated heterocycles. The lowest BCUT2D eigenvalue weighted by Crippen LogP contribution is -2.56. The molecule has 0 saturated carbocycles. The average molecular weight is 216 g/mol. The van der Waals surface area contributed by atoms with E-state index in [9.17, 15) is 9.59 Å². The zero-order valence-corrected chi connectivity index (χ0v) is 9.39. The molecular weight excluding hydrogens is 200 g/mol. The van der Waals surface area contributed by atoms with Crippen LogP contribution in [0.25, 0.3) is 0 Å². The van der Waals surface area contributed by atoms with Gasteiger partial charge in [-0.2, -0.15) is 11.8 Å². The zero-order chi connectivity index (χ0) is 10.6. The van der Waals surface area contributed by atoms with Crippen LogP contribution in [0.4, 0.5) is 0 Å². The number of nitrogens with zero attached hydrogens (tertiary/aromatic N) is 1. The lowest BCUT2D eigenvalue weighted by Gasteiger charge is -2.30. The van der Waals surface area contributed by atoms with Gasteiger partial charge in [-0.1, -0.05) is 0 Å². The van der Waals surface area contributed by atoms with Gasteiger partial charge in [0.1, 0.15) is 6.04 Å². The Bertz CT molecular complexity index is 233. The Labute approximate surface area is 88.4 Å². The molecule has 0 aliphatic carbocycles. The molecule has 5 heteroatoms. The van der Waals surface area contributed by atoms with Crippen molar-refractivity contribution in [1.29, 1.82) is 0 Å². The summed E-state index contributed by atoms with van der Waals surface area (Å²) in [6.07, 6.45) is 2.99. The Morgan fingerprint density at radius 1 is 1.57 bits per heavy atom. The number of amides is 2. The van der Waals surface area contributed by atoms with Gasteiger partial charge >= 0.3 is 0 Å². The smallest absolute Gasteiger partial charge is 0.245 e. The summed E-state index contributed by atoms with van der Waals surface area (Å²) in [5.41, 5.74) is 0. The van der Waals surface area contributed by atoms with Crippen molar-refractivity contribution in [2.75, 3.05) is 25.1 Å². The predicted molar refractivity (Wildman–Crippen MR) is 57.2 cm³/mol. The van der Waals surface area contributed by atoms with Gasteiger partial charge in [-0.05, 0) is 25.4 Å². The number of nitrogens with one attached hydrogen (secondary N) is 1. The monoisotopic (exact) mass is 216 g/mol. The molecular formula is C9H16N2O2S. The van der Waals surface area contributed by atoms with Crippen LogP contribution in [-0.2, 0) is 9.59 Å². The maximum Gasteiger partial charge on any atom is 0.245 e. The third-order valence-corrected chi connectivity index (χ3v) is 2.87. The van der Waals surface area contributed by atoms with Crippen molar-refractivity contribution in [3.05, 3.63) is 0 Å². The van der Waals surface area contributed by atoms with E-state index in [2.05, 4.69) is 5.32 Å². The van der Waals surface area contributed by atoms with Crippen molar-refractivity contribution in [3.63, 3.8) is 0 Å². The van der Waals surface area contributed by atoms with Crippen LogP contribution in [0.1, 0.15) is 13.3 Å². The maximum atomic E-state index is 11.6. The molecule has 0 bridgehead atoms. The lowest BCUT2D eigenvalue weighted by atomic mass is 10.2. The maximum absolute atomic E-state index is 11.6. The first-order valence-corrected chi connectivity index (χ1v) is 6.11. The lowest BCUT2D eigenvalue weighted by molar-refractivity contribution is -0.143. The number of carbonyl (C=O) groups is 2. The number of piperazine rings is 1. The van der Waals surface area contributed by atoms with Gasteiger partial charge in [-0.25, -0.2) is 0 Å². The normalized spacial score (nSPS) is 22.4. The van der Waals surface area contributed by atoms with Crippen LogP contribution in [0.5, 0.6) is 0 Å². The zero-order valence-electron chi connectivity index (χ0n) is 8.58. The topological polar surface area (TPSA) is 49.4 Å². The van der Waals surface area contributed by atoms with Crippen molar-refractivity contribution in [3.8, 4) is 0 Å². The van der Waals surface area contributed by atoms with Crippen molar-refractivity contribution >= 4 is 23.6 Å². The molecule has 1 rings (SSSR count). The van der Waals surface area contributed by atoms with Crippen LogP contribution < -0.4 is 5.32 Å². The van der Waals surface area contributed by atoms with Gasteiger partial charge in [0, 0.05) is 6.54 Å². The third kappa shape index (κ3) is 2.90. The van der Waals surface area contributed by atoms with Crippen LogP contribution in [0.15, 0.2) is 0 Å². The van der Waals surface area contributed by atoms with Crippen LogP contribution in [-0.4, -0.2) is 47.9 Å². The molecule has 2 amide bonds. The summed E-state index contributed by atoms with van der Waals surface area (Å²) in [6, 6.07) is -0.356. The first-order valence-electron chi connectivity index (χ1n) is 4.72. The minimum atomic E-state index is -0.356. The van der Waals surface area contributed by atoms with E-state index >= 15 is 0 Å². The van der Waals surface area contributed by atoms with Crippen LogP contribution >= 0.6 is 11.8 Å². The first kappa shape index (κ1) is 11.4. The minimum Gasteiger partial charge on any atom is -0.343 e. The highest BCUT2D eigenvalue weighted by atomic mass is 32.2. The van der Waals surface area contributed by atoms with E-state index in [4.69, 9.17) is 0 Å². The van der Waals surface area contributed by atoms with Gasteiger partial charge in [0.25, 0.3) is 0 Å². The molecule has 80 valence electrons. The molecule has 1 aliphatic rings. The minimum absolute atomic E-state index is 0.0331. The van der Waals surface area contributed by atoms with Gasteiger partial charge in [0.2, 0.25) is 11.8 Å². The molecule has 1 heterocycles. The molecule has 1 N–H and O–H groups in total. The largest absolute Gasteiger partial charge is 0.343 e. The summed E-state index contributed by atoms with van der Waals surface area (Å²) in [5.74, 6) is 1.01. The highest BCUT2D eigenvalue weighted by molar-refractivity contribution is 7.98. The second-order valence-electron chi connectivity index (χ2n) is 3.40. The van der Waals surface area contributed by atoms with E-state index in [0.29, 0.717) is 6.54 Å². The van der Waals surface area contributed by atoms with Gasteiger partial charge < -0.3 is 10.2 Å². The molecule has 0 radical (unpaired) electrons. The van der Waals surface area contributed by atoms with E-state index in [1.807, 2.05) is 6.26 Å². The summed E-state index contributed by atoms with van der Waals surface area (Å²) in [5, 5.41) is 2.61. The molecule has 0 aromatic carbocycles. The molecule has 14 heavy (non-hydrogen) atoms. The summed E-state index contributed by atoms with van der Waals surface area (Å²) < 4.78 is 0. The van der Waals surface area contributed by atoms with Crippen molar-refractivity contribution in [2.24, 2.45) is 0 Å². The van der Waals surface area contributed by atoms with Crippen LogP contribution in [0.2, 0.25) is 0 Å². The Morgan fingerprint density at radius 3 is 2.93 bits per heavy atom. The molecule has 0 spiro atoms. The predicted octanol–water partition coefficient (Wildman–Crippen LogP) is 0.0864. The second-order valence-corrected chi connectivity index (χ2v) is 4.38. The molecule has 4 nitrogen and oxygen atoms in total. The molecule has 0 aromatic rings. The van der Waals surface area contributed by atoms with E-state index in [1.165, 1.54) is 0 Å². The Kier molecular flexibility index (Phi) is 4.25. The fraction of sp³-hybridized carbons (Fsp3) is 0.778. The number of hydrogen-bond acceptors (Lipinski definition) is 3. The van der Waals surface area contributed by atoms with Crippen molar-refractivity contribution in [1.82, 2.24) is 10.2 Å². The average Bonchev–Trinajstić information content (AvgIpc) is 2.13. The van der Waals surface area contributed by atoms with Gasteiger partial charge in [0.05, 0.1) is 6.54 Å². The van der Waals surface area contributed by atoms with Gasteiger partial charge in [0.15, 0.2) is 0 Å². The number of hydrogen-bond donors (Lipinski definition) is 1. The van der Waals surface area contributed by atoms with E-state index < -0.39 is 0 Å². The molecule has 1 fully saturated rings. The van der Waals surface area contributed by atoms with Crippen molar-refractivity contribution < 1.29 is 9.59 Å². The second kappa shape index (κ2) is 5.24. The summed E-state index contributed by atoms with van der Waals surface area (Å²) in [6.45, 7) is 2.63. The number of rotatable bonds is 4. The SMILES string of the molecule is CSCCCN1CC(=O)NC(C)C1=O. The van der Waals surface area contributed by atoms with Gasteiger partial charge in [-0.15, -0.1) is 0 Å². The van der Waals surface area contributed by atoms with Crippen LogP contribution in [0, 0.1) is 0 Å². The van der Waals surface area contributed by atoms with Crippen LogP contribution in [0.3, 0.4) is 0 Å². The number of thioether (sulfide) groups is 1. The molecule has 0 aromatic heterocycles. The molecule has 1 unspecified atom stereocenters. The fourth-order valence-corrected chi connectivity index (χ4v) is 1.88. The quantitative estimate of drug-likeness (QED) is 0.677. The van der Waals surface area contributed by atoms with Crippen molar-refractivity contribution in [2.45, 2.75) is 19.4 Å². The molecule has 1 atom stereocenters. The van der Waals surface area contributed by atoms with E-state index in [1.54, 1.807) is 23.6 Å². The summed E-state index contributed by atoms with van der Waals surface area (Å²) in [4.78, 5) is 24.4. The standard InChI is InChI=1S/C9H16N2O2S/c1-7-9(13)11(4-3-5-14-2)6-8(12)10-7/h7H,3-6H2,1-2H3,(H,10,12). The molecule has 1 aliphatic heterocycles. The highest BCUT2D eigenvalue weighted by Crippen LogP contribution is 2.04. The van der Waals surface area contributed by atoms with E-state index in [-0.39, 0.29) is 24.4 Å². The summed E-state index contributed by atoms with van der Waals surface area (Å²) >= 11 is 1.75. The third-order valence-electron chi connectivity index (χ3n) is 2.17. The highest BCUT2D eigenvalue weighted by Gasteiger charge is 2.28.